The van der Waals surface area contributed by atoms with E-state index < -0.39 is 17.7 Å². The van der Waals surface area contributed by atoms with Gasteiger partial charge in [-0.3, -0.25) is 4.79 Å². The van der Waals surface area contributed by atoms with E-state index >= 15 is 0 Å². The number of nitrogens with one attached hydrogen (secondary N) is 1. The van der Waals surface area contributed by atoms with Gasteiger partial charge in [-0.05, 0) is 53.1 Å². The zero-order valence-electron chi connectivity index (χ0n) is 17.1. The monoisotopic (exact) mass is 474 g/mol. The van der Waals surface area contributed by atoms with Gasteiger partial charge in [0.15, 0.2) is 5.58 Å². The second-order valence-electron chi connectivity index (χ2n) is 7.41. The lowest BCUT2D eigenvalue weighted by Crippen LogP contribution is -2.17. The van der Waals surface area contributed by atoms with E-state index in [2.05, 4.69) is 10.3 Å². The quantitative estimate of drug-likeness (QED) is 0.303. The molecule has 5 nitrogen and oxygen atoms in total. The molecule has 9 heteroatoms. The molecule has 2 N–H and O–H groups in total. The van der Waals surface area contributed by atoms with Crippen LogP contribution >= 0.6 is 11.6 Å². The Labute approximate surface area is 191 Å². The van der Waals surface area contributed by atoms with Gasteiger partial charge < -0.3 is 14.8 Å². The third kappa shape index (κ3) is 5.35. The van der Waals surface area contributed by atoms with Gasteiger partial charge in [0, 0.05) is 23.7 Å². The highest BCUT2D eigenvalue weighted by Gasteiger charge is 2.34. The SMILES string of the molecule is O=C(O)CCNCc1ccc2oc(-c3ccc(-c4cccc(Cl)c4)c(C(F)(F)F)c3)nc2c1. The number of fused-ring (bicyclic) bond motifs is 1. The minimum atomic E-state index is -4.59. The lowest BCUT2D eigenvalue weighted by Gasteiger charge is -2.14. The molecule has 0 bridgehead atoms. The van der Waals surface area contributed by atoms with Crippen molar-refractivity contribution in [3.05, 3.63) is 76.8 Å². The van der Waals surface area contributed by atoms with E-state index in [9.17, 15) is 18.0 Å². The molecule has 0 aliphatic rings. The maximum absolute atomic E-state index is 13.9. The number of halogens is 4. The lowest BCUT2D eigenvalue weighted by atomic mass is 9.97. The number of nitrogens with zero attached hydrogens (tertiary/aromatic N) is 1. The second kappa shape index (κ2) is 9.25. The maximum atomic E-state index is 13.9. The van der Waals surface area contributed by atoms with E-state index in [4.69, 9.17) is 21.1 Å². The van der Waals surface area contributed by atoms with Crippen molar-refractivity contribution in [2.45, 2.75) is 19.1 Å². The summed E-state index contributed by atoms with van der Waals surface area (Å²) < 4.78 is 47.3. The Morgan fingerprint density at radius 3 is 2.61 bits per heavy atom. The fraction of sp³-hybridized carbons (Fsp3) is 0.167. The van der Waals surface area contributed by atoms with Gasteiger partial charge in [-0.15, -0.1) is 0 Å². The standard InChI is InChI=1S/C24H18ClF3N2O3/c25-17-3-1-2-15(11-17)18-6-5-16(12-19(18)24(26,27)28)23-30-20-10-14(4-7-21(20)33-23)13-29-9-8-22(31)32/h1-7,10-12,29H,8-9,13H2,(H,31,32). The first-order valence-electron chi connectivity index (χ1n) is 10.0. The molecule has 4 rings (SSSR count). The topological polar surface area (TPSA) is 75.4 Å². The Balaban J connectivity index is 1.65. The van der Waals surface area contributed by atoms with Crippen molar-refractivity contribution >= 4 is 28.7 Å². The van der Waals surface area contributed by atoms with E-state index in [1.54, 1.807) is 36.4 Å². The molecule has 0 spiro atoms. The number of aromatic nitrogens is 1. The average Bonchev–Trinajstić information content (AvgIpc) is 3.19. The summed E-state index contributed by atoms with van der Waals surface area (Å²) in [6, 6.07) is 15.4. The third-order valence-electron chi connectivity index (χ3n) is 5.00. The second-order valence-corrected chi connectivity index (χ2v) is 7.85. The Kier molecular flexibility index (Phi) is 6.40. The third-order valence-corrected chi connectivity index (χ3v) is 5.24. The summed E-state index contributed by atoms with van der Waals surface area (Å²) in [4.78, 5) is 14.9. The van der Waals surface area contributed by atoms with E-state index in [0.717, 1.165) is 11.6 Å². The van der Waals surface area contributed by atoms with Crippen LogP contribution in [0.2, 0.25) is 5.02 Å². The Hall–Kier alpha value is -3.36. The van der Waals surface area contributed by atoms with Gasteiger partial charge in [-0.1, -0.05) is 35.9 Å². The highest BCUT2D eigenvalue weighted by Crippen LogP contribution is 2.40. The van der Waals surface area contributed by atoms with Crippen molar-refractivity contribution in [2.24, 2.45) is 0 Å². The zero-order chi connectivity index (χ0) is 23.6. The van der Waals surface area contributed by atoms with Crippen molar-refractivity contribution in [1.82, 2.24) is 10.3 Å². The number of carbonyl (C=O) groups is 1. The molecule has 0 aliphatic heterocycles. The summed E-state index contributed by atoms with van der Waals surface area (Å²) in [6.07, 6.45) is -4.59. The molecule has 1 heterocycles. The summed E-state index contributed by atoms with van der Waals surface area (Å²) in [5, 5.41) is 12.0. The molecular formula is C24H18ClF3N2O3. The van der Waals surface area contributed by atoms with Crippen molar-refractivity contribution in [3.8, 4) is 22.6 Å². The van der Waals surface area contributed by atoms with E-state index in [0.29, 0.717) is 34.8 Å². The van der Waals surface area contributed by atoms with Crippen LogP contribution < -0.4 is 5.32 Å². The molecule has 0 atom stereocenters. The van der Waals surface area contributed by atoms with Crippen LogP contribution in [0.25, 0.3) is 33.7 Å². The van der Waals surface area contributed by atoms with Crippen LogP contribution in [-0.4, -0.2) is 22.6 Å². The van der Waals surface area contributed by atoms with Crippen molar-refractivity contribution in [2.75, 3.05) is 6.54 Å². The van der Waals surface area contributed by atoms with Crippen molar-refractivity contribution < 1.29 is 27.5 Å². The number of oxazole rings is 1. The summed E-state index contributed by atoms with van der Waals surface area (Å²) in [6.45, 7) is 0.745. The number of alkyl halides is 3. The lowest BCUT2D eigenvalue weighted by molar-refractivity contribution is -0.137. The van der Waals surface area contributed by atoms with Crippen molar-refractivity contribution in [1.29, 1.82) is 0 Å². The molecule has 0 aliphatic carbocycles. The molecule has 170 valence electrons. The number of benzene rings is 3. The first kappa shape index (κ1) is 22.8. The Morgan fingerprint density at radius 1 is 1.06 bits per heavy atom. The molecule has 0 amide bonds. The first-order valence-corrected chi connectivity index (χ1v) is 10.4. The van der Waals surface area contributed by atoms with Crippen LogP contribution in [0.1, 0.15) is 17.5 Å². The Morgan fingerprint density at radius 2 is 1.88 bits per heavy atom. The van der Waals surface area contributed by atoms with E-state index in [-0.39, 0.29) is 23.4 Å². The molecule has 0 radical (unpaired) electrons. The van der Waals surface area contributed by atoms with E-state index in [1.807, 2.05) is 0 Å². The van der Waals surface area contributed by atoms with Crippen LogP contribution in [0, 0.1) is 0 Å². The van der Waals surface area contributed by atoms with Gasteiger partial charge in [0.2, 0.25) is 5.89 Å². The van der Waals surface area contributed by atoms with Gasteiger partial charge in [0.25, 0.3) is 0 Å². The minimum Gasteiger partial charge on any atom is -0.481 e. The molecule has 1 aromatic heterocycles. The fourth-order valence-corrected chi connectivity index (χ4v) is 3.64. The normalized spacial score (nSPS) is 11.8. The zero-order valence-corrected chi connectivity index (χ0v) is 17.9. The predicted molar refractivity (Wildman–Crippen MR) is 119 cm³/mol. The molecule has 0 saturated heterocycles. The van der Waals surface area contributed by atoms with Crippen LogP contribution in [0.15, 0.2) is 65.1 Å². The first-order chi connectivity index (χ1) is 15.7. The van der Waals surface area contributed by atoms with Gasteiger partial charge in [0.05, 0.1) is 12.0 Å². The number of rotatable bonds is 7. The number of hydrogen-bond acceptors (Lipinski definition) is 4. The smallest absolute Gasteiger partial charge is 0.417 e. The number of aliphatic carboxylic acids is 1. The van der Waals surface area contributed by atoms with Crippen LogP contribution in [0.3, 0.4) is 0 Å². The largest absolute Gasteiger partial charge is 0.481 e. The summed E-state index contributed by atoms with van der Waals surface area (Å²) in [7, 11) is 0. The summed E-state index contributed by atoms with van der Waals surface area (Å²) in [5.74, 6) is -0.817. The van der Waals surface area contributed by atoms with E-state index in [1.165, 1.54) is 18.2 Å². The molecule has 0 saturated carbocycles. The summed E-state index contributed by atoms with van der Waals surface area (Å²) in [5.41, 5.74) is 1.54. The fourth-order valence-electron chi connectivity index (χ4n) is 3.45. The van der Waals surface area contributed by atoms with Gasteiger partial charge in [-0.2, -0.15) is 13.2 Å². The van der Waals surface area contributed by atoms with Crippen LogP contribution in [0.4, 0.5) is 13.2 Å². The van der Waals surface area contributed by atoms with Gasteiger partial charge in [-0.25, -0.2) is 4.98 Å². The van der Waals surface area contributed by atoms with Crippen LogP contribution in [0.5, 0.6) is 0 Å². The molecule has 4 aromatic rings. The van der Waals surface area contributed by atoms with Crippen molar-refractivity contribution in [3.63, 3.8) is 0 Å². The minimum absolute atomic E-state index is 0.00305. The maximum Gasteiger partial charge on any atom is 0.417 e. The highest BCUT2D eigenvalue weighted by molar-refractivity contribution is 6.30. The number of carboxylic acids is 1. The van der Waals surface area contributed by atoms with Crippen LogP contribution in [-0.2, 0) is 17.5 Å². The predicted octanol–water partition coefficient (Wildman–Crippen LogP) is 6.40. The average molecular weight is 475 g/mol. The number of hydrogen-bond donors (Lipinski definition) is 2. The number of carboxylic acid groups (broad SMARTS) is 1. The van der Waals surface area contributed by atoms with Gasteiger partial charge in [0.1, 0.15) is 5.52 Å². The summed E-state index contributed by atoms with van der Waals surface area (Å²) >= 11 is 5.96. The Bertz CT molecular complexity index is 1320. The highest BCUT2D eigenvalue weighted by atomic mass is 35.5. The molecule has 33 heavy (non-hydrogen) atoms. The van der Waals surface area contributed by atoms with Gasteiger partial charge >= 0.3 is 12.1 Å². The molecule has 0 fully saturated rings. The molecule has 3 aromatic carbocycles. The molecular weight excluding hydrogens is 457 g/mol. The molecule has 0 unspecified atom stereocenters.